The van der Waals surface area contributed by atoms with Gasteiger partial charge in [0.05, 0.1) is 6.42 Å². The number of fused-ring (bicyclic) bond motifs is 2. The number of Topliss-reactive ketones (excluding diaryl/α,β-unsaturated/α-hetero) is 1. The van der Waals surface area contributed by atoms with Gasteiger partial charge in [-0.25, -0.2) is 4.79 Å². The Hall–Kier alpha value is -4.42. The van der Waals surface area contributed by atoms with Crippen molar-refractivity contribution in [2.24, 2.45) is 23.2 Å². The Kier molecular flexibility index (Phi) is 9.86. The van der Waals surface area contributed by atoms with Crippen LogP contribution in [0.3, 0.4) is 0 Å². The van der Waals surface area contributed by atoms with Crippen molar-refractivity contribution in [1.29, 1.82) is 0 Å². The van der Waals surface area contributed by atoms with Gasteiger partial charge in [0.15, 0.2) is 0 Å². The van der Waals surface area contributed by atoms with Gasteiger partial charge in [0.25, 0.3) is 5.91 Å². The minimum atomic E-state index is -4.89. The van der Waals surface area contributed by atoms with Gasteiger partial charge in [0, 0.05) is 13.1 Å². The van der Waals surface area contributed by atoms with Crippen molar-refractivity contribution in [3.63, 3.8) is 0 Å². The highest BCUT2D eigenvalue weighted by Gasteiger charge is 2.70. The highest BCUT2D eigenvalue weighted by atomic mass is 19.4. The predicted octanol–water partition coefficient (Wildman–Crippen LogP) is 4.10. The van der Waals surface area contributed by atoms with Gasteiger partial charge >= 0.3 is 12.3 Å². The van der Waals surface area contributed by atoms with Crippen LogP contribution in [0.1, 0.15) is 57.7 Å². The van der Waals surface area contributed by atoms with E-state index in [1.165, 1.54) is 4.90 Å². The molecule has 49 heavy (non-hydrogen) atoms. The third-order valence-electron chi connectivity index (χ3n) is 9.84. The van der Waals surface area contributed by atoms with E-state index in [4.69, 9.17) is 4.74 Å². The molecule has 5 atom stereocenters. The number of carbonyl (C=O) groups excluding carboxylic acids is 5. The number of hydrogen-bond acceptors (Lipinski definition) is 6. The second-order valence-electron chi connectivity index (χ2n) is 14.9. The number of nitrogens with zero attached hydrogens (tertiary/aromatic N) is 1. The SMILES string of the molecule is CC(C)(C)OC(=O)NC(C(=O)N1C[C@H]2C([C@H]1C(=O)NC(CC(F)(F)F)C(=O)C(=O)NCc1ccccc1)C2(C)C)C1Cc2ccccc2C1. The normalized spacial score (nSPS) is 22.3. The molecular weight excluding hydrogens is 641 g/mol. The number of ether oxygens (including phenoxy) is 1. The molecule has 2 aromatic carbocycles. The Labute approximate surface area is 283 Å². The monoisotopic (exact) mass is 684 g/mol. The number of carbonyl (C=O) groups is 5. The molecule has 0 bridgehead atoms. The van der Waals surface area contributed by atoms with Crippen molar-refractivity contribution >= 4 is 29.6 Å². The zero-order valence-electron chi connectivity index (χ0n) is 28.2. The number of hydrogen-bond donors (Lipinski definition) is 3. The van der Waals surface area contributed by atoms with Crippen molar-refractivity contribution in [2.45, 2.75) is 90.3 Å². The summed E-state index contributed by atoms with van der Waals surface area (Å²) in [6.45, 7) is 8.91. The van der Waals surface area contributed by atoms with Gasteiger partial charge in [0.1, 0.15) is 23.7 Å². The van der Waals surface area contributed by atoms with Crippen molar-refractivity contribution in [1.82, 2.24) is 20.9 Å². The minimum Gasteiger partial charge on any atom is -0.444 e. The molecule has 10 nitrogen and oxygen atoms in total. The standard InChI is InChI=1S/C36H43F3N4O6/c1-34(2,3)49-33(48)42-27(23-15-21-13-9-10-14-22(21)16-23)32(47)43-19-24-26(35(24,4)5)28(43)30(45)41-25(17-36(37,38)39)29(44)31(46)40-18-20-11-7-6-8-12-20/h6-14,23-28H,15-19H2,1-5H3,(H,40,46)(H,41,45)(H,42,48)/t24-,25?,26?,27?,28-/m0/s1. The number of piperidine rings is 1. The molecule has 1 saturated heterocycles. The molecule has 2 aliphatic carbocycles. The number of halogens is 3. The van der Waals surface area contributed by atoms with E-state index < -0.39 is 77.3 Å². The maximum atomic E-state index is 14.4. The fourth-order valence-electron chi connectivity index (χ4n) is 7.36. The van der Waals surface area contributed by atoms with Crippen LogP contribution in [-0.4, -0.2) is 70.9 Å². The molecule has 0 aromatic heterocycles. The van der Waals surface area contributed by atoms with E-state index in [9.17, 15) is 37.1 Å². The number of benzene rings is 2. The summed E-state index contributed by atoms with van der Waals surface area (Å²) in [5.74, 6) is -5.17. The average molecular weight is 685 g/mol. The van der Waals surface area contributed by atoms with Gasteiger partial charge in [-0.15, -0.1) is 0 Å². The van der Waals surface area contributed by atoms with Crippen LogP contribution in [0.25, 0.3) is 0 Å². The third kappa shape index (κ3) is 8.25. The number of rotatable bonds is 10. The third-order valence-corrected chi connectivity index (χ3v) is 9.84. The zero-order chi connectivity index (χ0) is 35.9. The lowest BCUT2D eigenvalue weighted by Gasteiger charge is -2.35. The Morgan fingerprint density at radius 2 is 1.51 bits per heavy atom. The van der Waals surface area contributed by atoms with E-state index in [1.54, 1.807) is 51.1 Å². The van der Waals surface area contributed by atoms with Gasteiger partial charge < -0.3 is 25.6 Å². The Balaban J connectivity index is 1.38. The molecular formula is C36H43F3N4O6. The minimum absolute atomic E-state index is 0.0992. The largest absolute Gasteiger partial charge is 0.444 e. The molecule has 264 valence electrons. The van der Waals surface area contributed by atoms with Crippen LogP contribution in [0, 0.1) is 23.2 Å². The number of likely N-dealkylation sites (tertiary alicyclic amines) is 1. The average Bonchev–Trinajstić information content (AvgIpc) is 3.38. The molecule has 2 fully saturated rings. The Bertz CT molecular complexity index is 1580. The van der Waals surface area contributed by atoms with Gasteiger partial charge in [-0.2, -0.15) is 13.2 Å². The lowest BCUT2D eigenvalue weighted by atomic mass is 9.93. The lowest BCUT2D eigenvalue weighted by molar-refractivity contribution is -0.155. The molecule has 13 heteroatoms. The molecule has 1 heterocycles. The Morgan fingerprint density at radius 1 is 0.918 bits per heavy atom. The van der Waals surface area contributed by atoms with E-state index >= 15 is 0 Å². The van der Waals surface area contributed by atoms with Crippen LogP contribution in [0.5, 0.6) is 0 Å². The van der Waals surface area contributed by atoms with Crippen LogP contribution < -0.4 is 16.0 Å². The van der Waals surface area contributed by atoms with E-state index in [0.717, 1.165) is 11.1 Å². The molecule has 5 rings (SSSR count). The quantitative estimate of drug-likeness (QED) is 0.323. The van der Waals surface area contributed by atoms with Crippen molar-refractivity contribution in [3.05, 3.63) is 71.3 Å². The summed E-state index contributed by atoms with van der Waals surface area (Å²) in [7, 11) is 0. The second kappa shape index (κ2) is 13.5. The first-order valence-corrected chi connectivity index (χ1v) is 16.5. The molecule has 1 aliphatic heterocycles. The van der Waals surface area contributed by atoms with Gasteiger partial charge in [-0.05, 0) is 73.5 Å². The summed E-state index contributed by atoms with van der Waals surface area (Å²) in [5, 5.41) is 7.25. The second-order valence-corrected chi connectivity index (χ2v) is 14.9. The molecule has 2 aromatic rings. The summed E-state index contributed by atoms with van der Waals surface area (Å²) >= 11 is 0. The maximum Gasteiger partial charge on any atom is 0.408 e. The maximum absolute atomic E-state index is 14.4. The summed E-state index contributed by atoms with van der Waals surface area (Å²) in [6, 6.07) is 11.6. The van der Waals surface area contributed by atoms with Gasteiger partial charge in [-0.1, -0.05) is 68.4 Å². The number of ketones is 1. The molecule has 3 aliphatic rings. The number of alkyl halides is 3. The van der Waals surface area contributed by atoms with E-state index in [0.29, 0.717) is 18.4 Å². The van der Waals surface area contributed by atoms with Gasteiger partial charge in [0.2, 0.25) is 17.6 Å². The fraction of sp³-hybridized carbons (Fsp3) is 0.528. The van der Waals surface area contributed by atoms with Crippen LogP contribution in [0.15, 0.2) is 54.6 Å². The molecule has 0 radical (unpaired) electrons. The van der Waals surface area contributed by atoms with Crippen LogP contribution in [0.2, 0.25) is 0 Å². The van der Waals surface area contributed by atoms with E-state index in [-0.39, 0.29) is 24.9 Å². The molecule has 3 N–H and O–H groups in total. The summed E-state index contributed by atoms with van der Waals surface area (Å²) < 4.78 is 46.6. The van der Waals surface area contributed by atoms with Crippen LogP contribution in [-0.2, 0) is 43.3 Å². The lowest BCUT2D eigenvalue weighted by Crippen LogP contribution is -2.60. The first kappa shape index (κ1) is 35.9. The zero-order valence-corrected chi connectivity index (χ0v) is 28.2. The van der Waals surface area contributed by atoms with Crippen LogP contribution >= 0.6 is 0 Å². The Morgan fingerprint density at radius 3 is 2.08 bits per heavy atom. The number of amides is 4. The fourth-order valence-corrected chi connectivity index (χ4v) is 7.36. The summed E-state index contributed by atoms with van der Waals surface area (Å²) in [5.41, 5.74) is 1.41. The molecule has 0 spiro atoms. The van der Waals surface area contributed by atoms with Crippen molar-refractivity contribution in [3.8, 4) is 0 Å². The van der Waals surface area contributed by atoms with Crippen LogP contribution in [0.4, 0.5) is 18.0 Å². The van der Waals surface area contributed by atoms with Gasteiger partial charge in [-0.3, -0.25) is 19.2 Å². The first-order valence-electron chi connectivity index (χ1n) is 16.5. The number of nitrogens with one attached hydrogen (secondary N) is 3. The predicted molar refractivity (Wildman–Crippen MR) is 173 cm³/mol. The summed E-state index contributed by atoms with van der Waals surface area (Å²) in [6.07, 6.45) is -6.51. The highest BCUT2D eigenvalue weighted by molar-refractivity contribution is 6.38. The van der Waals surface area contributed by atoms with Crippen molar-refractivity contribution in [2.75, 3.05) is 6.54 Å². The van der Waals surface area contributed by atoms with E-state index in [2.05, 4.69) is 16.0 Å². The first-order chi connectivity index (χ1) is 22.9. The molecule has 1 saturated carbocycles. The smallest absolute Gasteiger partial charge is 0.408 e. The van der Waals surface area contributed by atoms with E-state index in [1.807, 2.05) is 38.1 Å². The molecule has 4 amide bonds. The topological polar surface area (TPSA) is 134 Å². The number of alkyl carbamates (subject to hydrolysis) is 1. The van der Waals surface area contributed by atoms with Crippen molar-refractivity contribution < 1.29 is 41.9 Å². The highest BCUT2D eigenvalue weighted by Crippen LogP contribution is 2.65. The molecule has 3 unspecified atom stereocenters. The summed E-state index contributed by atoms with van der Waals surface area (Å²) in [4.78, 5) is 68.5.